The van der Waals surface area contributed by atoms with Crippen molar-refractivity contribution in [2.45, 2.75) is 93.1 Å². The number of ether oxygens (including phenoxy) is 2. The molecule has 2 aliphatic rings. The first-order valence-corrected chi connectivity index (χ1v) is 19.1. The molecule has 0 bridgehead atoms. The Morgan fingerprint density at radius 3 is 2.12 bits per heavy atom. The van der Waals surface area contributed by atoms with Gasteiger partial charge >= 0.3 is 5.97 Å². The van der Waals surface area contributed by atoms with Crippen LogP contribution in [0, 0.1) is 0 Å². The van der Waals surface area contributed by atoms with Crippen LogP contribution < -0.4 is 4.90 Å². The van der Waals surface area contributed by atoms with Crippen molar-refractivity contribution in [3.8, 4) is 0 Å². The number of likely N-dealkylation sites (N-methyl/N-ethyl adjacent to an activating group) is 1. The Bertz CT molecular complexity index is 1890. The van der Waals surface area contributed by atoms with Crippen LogP contribution in [0.5, 0.6) is 0 Å². The van der Waals surface area contributed by atoms with E-state index in [1.165, 1.54) is 24.3 Å². The molecule has 1 unspecified atom stereocenters. The second-order valence-corrected chi connectivity index (χ2v) is 15.9. The Labute approximate surface area is 289 Å². The highest BCUT2D eigenvalue weighted by Crippen LogP contribution is 2.51. The zero-order valence-corrected chi connectivity index (χ0v) is 30.5. The van der Waals surface area contributed by atoms with Crippen LogP contribution in [-0.2, 0) is 45.3 Å². The molecule has 0 saturated carbocycles. The number of aliphatic carboxylic acids is 1. The van der Waals surface area contributed by atoms with Crippen molar-refractivity contribution < 1.29 is 49.9 Å². The van der Waals surface area contributed by atoms with Crippen LogP contribution in [-0.4, -0.2) is 80.9 Å². The Balaban J connectivity index is 1.82. The van der Waals surface area contributed by atoms with Crippen molar-refractivity contribution in [3.05, 3.63) is 71.5 Å². The van der Waals surface area contributed by atoms with E-state index >= 15 is 0 Å². The summed E-state index contributed by atoms with van der Waals surface area (Å²) in [4.78, 5) is 12.8. The Morgan fingerprint density at radius 1 is 0.939 bits per heavy atom. The minimum Gasteiger partial charge on any atom is -0.481 e. The summed E-state index contributed by atoms with van der Waals surface area (Å²) in [6.45, 7) is 9.14. The van der Waals surface area contributed by atoms with Gasteiger partial charge in [0.15, 0.2) is 12.0 Å². The number of carbonyl (C=O) groups is 1. The molecule has 0 saturated heterocycles. The average Bonchev–Trinajstić information content (AvgIpc) is 3.39. The lowest BCUT2D eigenvalue weighted by atomic mass is 9.77. The third-order valence-corrected chi connectivity index (χ3v) is 11.4. The molecular formula is C35H47N2O10S2+. The number of carboxylic acid groups (broad SMARTS) is 1. The SMILES string of the molecule is CCN1C(=CC=CC2=[N+](CCCCCC(=O)O)c3ccc(S(=O)(=O)O)cc3C2(C)C)C(C)(CCC(OC)OC)c2cc(S(=O)(=O)O)ccc21. The summed E-state index contributed by atoms with van der Waals surface area (Å²) in [6, 6.07) is 9.20. The van der Waals surface area contributed by atoms with Gasteiger partial charge in [-0.1, -0.05) is 6.08 Å². The van der Waals surface area contributed by atoms with E-state index in [9.17, 15) is 30.7 Å². The molecule has 14 heteroatoms. The Morgan fingerprint density at radius 2 is 1.55 bits per heavy atom. The van der Waals surface area contributed by atoms with Crippen molar-refractivity contribution >= 4 is 43.3 Å². The first-order chi connectivity index (χ1) is 22.9. The molecule has 0 aromatic heterocycles. The minimum atomic E-state index is -4.45. The van der Waals surface area contributed by atoms with Crippen LogP contribution in [0.1, 0.15) is 77.3 Å². The van der Waals surface area contributed by atoms with E-state index in [-0.39, 0.29) is 16.2 Å². The fraction of sp³-hybridized carbons (Fsp3) is 0.486. The van der Waals surface area contributed by atoms with E-state index in [0.29, 0.717) is 45.2 Å². The lowest BCUT2D eigenvalue weighted by Gasteiger charge is -2.31. The smallest absolute Gasteiger partial charge is 0.303 e. The van der Waals surface area contributed by atoms with Gasteiger partial charge in [0, 0.05) is 68.1 Å². The molecule has 3 N–H and O–H groups in total. The zero-order chi connectivity index (χ0) is 36.4. The molecule has 2 heterocycles. The van der Waals surface area contributed by atoms with Crippen molar-refractivity contribution in [1.29, 1.82) is 0 Å². The number of benzene rings is 2. The van der Waals surface area contributed by atoms with Gasteiger partial charge in [-0.3, -0.25) is 13.9 Å². The standard InChI is InChI=1S/C35H46N2O10S2/c1-7-36-29-18-16-25(49(43,44)45)23-27(29)35(4,20-19-33(46-5)47-6)31(36)13-11-12-30-34(2,3)26-22-24(48(40,41)42)15-17-28(26)37(30)21-10-8-9-14-32(38)39/h11-13,15-18,22-23,33H,7-10,14,19-21H2,1-6H3,(H2-,38,39,40,41,42,43,44,45)/p+1. The molecule has 0 radical (unpaired) electrons. The van der Waals surface area contributed by atoms with Crippen LogP contribution in [0.2, 0.25) is 0 Å². The van der Waals surface area contributed by atoms with Gasteiger partial charge in [0.2, 0.25) is 5.69 Å². The number of nitrogens with zero attached hydrogens (tertiary/aromatic N) is 2. The number of anilines is 1. The second kappa shape index (κ2) is 14.8. The number of methoxy groups -OCH3 is 2. The maximum atomic E-state index is 12.2. The molecule has 49 heavy (non-hydrogen) atoms. The van der Waals surface area contributed by atoms with E-state index < -0.39 is 43.3 Å². The van der Waals surface area contributed by atoms with Gasteiger partial charge in [0.25, 0.3) is 20.2 Å². The molecule has 268 valence electrons. The molecule has 2 aliphatic heterocycles. The predicted octanol–water partition coefficient (Wildman–Crippen LogP) is 5.84. The van der Waals surface area contributed by atoms with Crippen molar-refractivity contribution in [2.75, 3.05) is 32.2 Å². The van der Waals surface area contributed by atoms with Gasteiger partial charge < -0.3 is 19.5 Å². The van der Waals surface area contributed by atoms with E-state index in [1.807, 2.05) is 45.9 Å². The summed E-state index contributed by atoms with van der Waals surface area (Å²) < 4.78 is 81.1. The molecule has 0 fully saturated rings. The number of fused-ring (bicyclic) bond motifs is 2. The molecule has 1 atom stereocenters. The van der Waals surface area contributed by atoms with Gasteiger partial charge in [-0.25, -0.2) is 0 Å². The number of rotatable bonds is 16. The van der Waals surface area contributed by atoms with Gasteiger partial charge in [-0.05, 0) is 95.3 Å². The number of carboxylic acids is 1. The summed E-state index contributed by atoms with van der Waals surface area (Å²) >= 11 is 0. The van der Waals surface area contributed by atoms with E-state index in [2.05, 4.69) is 9.48 Å². The Hall–Kier alpha value is -3.40. The first-order valence-electron chi connectivity index (χ1n) is 16.2. The topological polar surface area (TPSA) is 171 Å². The largest absolute Gasteiger partial charge is 0.481 e. The van der Waals surface area contributed by atoms with Gasteiger partial charge in [0.05, 0.1) is 15.2 Å². The number of hydrogen-bond acceptors (Lipinski definition) is 8. The van der Waals surface area contributed by atoms with E-state index in [1.54, 1.807) is 26.4 Å². The molecule has 2 aromatic rings. The molecule has 12 nitrogen and oxygen atoms in total. The summed E-state index contributed by atoms with van der Waals surface area (Å²) in [5.41, 5.74) is 3.55. The van der Waals surface area contributed by atoms with Crippen molar-refractivity contribution in [3.63, 3.8) is 0 Å². The number of unbranched alkanes of at least 4 members (excludes halogenated alkanes) is 2. The molecular weight excluding hydrogens is 673 g/mol. The number of allylic oxidation sites excluding steroid dienone is 4. The Kier molecular flexibility index (Phi) is 11.6. The molecule has 0 amide bonds. The van der Waals surface area contributed by atoms with Crippen LogP contribution in [0.25, 0.3) is 0 Å². The van der Waals surface area contributed by atoms with E-state index in [0.717, 1.165) is 33.9 Å². The van der Waals surface area contributed by atoms with Gasteiger partial charge in [-0.2, -0.15) is 21.4 Å². The van der Waals surface area contributed by atoms with Crippen LogP contribution in [0.15, 0.2) is 70.1 Å². The third-order valence-electron chi connectivity index (χ3n) is 9.67. The molecule has 0 spiro atoms. The summed E-state index contributed by atoms with van der Waals surface area (Å²) in [5, 5.41) is 9.06. The highest BCUT2D eigenvalue weighted by molar-refractivity contribution is 7.86. The lowest BCUT2D eigenvalue weighted by molar-refractivity contribution is -0.438. The molecule has 0 aliphatic carbocycles. The van der Waals surface area contributed by atoms with E-state index in [4.69, 9.17) is 14.6 Å². The lowest BCUT2D eigenvalue weighted by Crippen LogP contribution is -2.30. The fourth-order valence-corrected chi connectivity index (χ4v) is 8.06. The average molecular weight is 720 g/mol. The van der Waals surface area contributed by atoms with Gasteiger partial charge in [0.1, 0.15) is 6.54 Å². The summed E-state index contributed by atoms with van der Waals surface area (Å²) in [7, 11) is -5.77. The second-order valence-electron chi connectivity index (χ2n) is 13.1. The third kappa shape index (κ3) is 8.00. The highest BCUT2D eigenvalue weighted by Gasteiger charge is 2.46. The van der Waals surface area contributed by atoms with Crippen LogP contribution >= 0.6 is 0 Å². The maximum absolute atomic E-state index is 12.2. The number of hydrogen-bond donors (Lipinski definition) is 3. The summed E-state index contributed by atoms with van der Waals surface area (Å²) in [6.07, 6.45) is 8.47. The van der Waals surface area contributed by atoms with Crippen LogP contribution in [0.4, 0.5) is 11.4 Å². The summed E-state index contributed by atoms with van der Waals surface area (Å²) in [5.74, 6) is -0.843. The van der Waals surface area contributed by atoms with Crippen LogP contribution in [0.3, 0.4) is 0 Å². The molecule has 2 aromatic carbocycles. The van der Waals surface area contributed by atoms with Crippen molar-refractivity contribution in [1.82, 2.24) is 0 Å². The zero-order valence-electron chi connectivity index (χ0n) is 28.8. The minimum absolute atomic E-state index is 0.0835. The molecule has 4 rings (SSSR count). The monoisotopic (exact) mass is 719 g/mol. The first kappa shape index (κ1) is 38.4. The predicted molar refractivity (Wildman–Crippen MR) is 186 cm³/mol. The highest BCUT2D eigenvalue weighted by atomic mass is 32.2. The van der Waals surface area contributed by atoms with Gasteiger partial charge in [-0.15, -0.1) is 0 Å². The fourth-order valence-electron chi connectivity index (χ4n) is 7.04. The normalized spacial score (nSPS) is 19.8. The quantitative estimate of drug-likeness (QED) is 0.0825. The van der Waals surface area contributed by atoms with Crippen molar-refractivity contribution in [2.24, 2.45) is 0 Å². The maximum Gasteiger partial charge on any atom is 0.303 e.